The van der Waals surface area contributed by atoms with Crippen LogP contribution in [-0.4, -0.2) is 29.4 Å². The van der Waals surface area contributed by atoms with Crippen molar-refractivity contribution in [1.82, 2.24) is 10.2 Å². The first-order valence-corrected chi connectivity index (χ1v) is 9.52. The second-order valence-corrected chi connectivity index (χ2v) is 7.19. The number of nitrogens with zero attached hydrogens (tertiary/aromatic N) is 1. The number of halogens is 1. The van der Waals surface area contributed by atoms with Crippen LogP contribution in [0.5, 0.6) is 5.75 Å². The van der Waals surface area contributed by atoms with E-state index in [0.29, 0.717) is 33.3 Å². The zero-order valence-corrected chi connectivity index (χ0v) is 16.0. The first kappa shape index (κ1) is 18.5. The summed E-state index contributed by atoms with van der Waals surface area (Å²) < 4.78 is 10.8. The lowest BCUT2D eigenvalue weighted by Gasteiger charge is -2.26. The lowest BCUT2D eigenvalue weighted by atomic mass is 9.96. The molecule has 1 N–H and O–H groups in total. The number of aromatic amines is 1. The Balaban J connectivity index is 1.81. The molecule has 1 atom stereocenters. The van der Waals surface area contributed by atoms with Gasteiger partial charge in [-0.25, -0.2) is 9.89 Å². The van der Waals surface area contributed by atoms with Crippen LogP contribution in [0.15, 0.2) is 47.3 Å². The summed E-state index contributed by atoms with van der Waals surface area (Å²) in [6.07, 6.45) is 3.44. The number of fused-ring (bicyclic) bond motifs is 1. The predicted molar refractivity (Wildman–Crippen MR) is 106 cm³/mol. The van der Waals surface area contributed by atoms with Gasteiger partial charge in [0.05, 0.1) is 29.9 Å². The number of nitrogens with one attached hydrogen (secondary N) is 1. The number of esters is 1. The van der Waals surface area contributed by atoms with E-state index in [1.165, 1.54) is 13.5 Å². The Morgan fingerprint density at radius 3 is 2.71 bits per heavy atom. The van der Waals surface area contributed by atoms with Crippen molar-refractivity contribution in [2.45, 2.75) is 30.7 Å². The number of alkyl halides is 1. The predicted octanol–water partition coefficient (Wildman–Crippen LogP) is 3.97. The maximum atomic E-state index is 12.2. The number of ether oxygens (including phenoxy) is 2. The summed E-state index contributed by atoms with van der Waals surface area (Å²) >= 11 is 6.73. The SMILES string of the molecule is COC(=O)c1ccccc1C(Cl)c1n[nH]c(=O)c2ccc(OC3CCC3)cc12. The van der Waals surface area contributed by atoms with Crippen molar-refractivity contribution in [1.29, 1.82) is 0 Å². The van der Waals surface area contributed by atoms with Crippen molar-refractivity contribution in [2.75, 3.05) is 7.11 Å². The normalized spacial score (nSPS) is 15.1. The molecular weight excluding hydrogens is 380 g/mol. The van der Waals surface area contributed by atoms with Gasteiger partial charge in [-0.3, -0.25) is 4.79 Å². The number of benzene rings is 2. The molecule has 1 fully saturated rings. The van der Waals surface area contributed by atoms with Gasteiger partial charge in [0.15, 0.2) is 0 Å². The smallest absolute Gasteiger partial charge is 0.338 e. The van der Waals surface area contributed by atoms with Gasteiger partial charge in [-0.15, -0.1) is 11.6 Å². The third-order valence-electron chi connectivity index (χ3n) is 5.02. The summed E-state index contributed by atoms with van der Waals surface area (Å²) in [5.74, 6) is 0.194. The third kappa shape index (κ3) is 3.36. The fraction of sp³-hybridized carbons (Fsp3) is 0.286. The lowest BCUT2D eigenvalue weighted by molar-refractivity contribution is 0.0599. The molecule has 0 radical (unpaired) electrons. The number of carbonyl (C=O) groups is 1. The second kappa shape index (κ2) is 7.64. The minimum atomic E-state index is -0.756. The van der Waals surface area contributed by atoms with E-state index < -0.39 is 11.3 Å². The van der Waals surface area contributed by atoms with Gasteiger partial charge in [0, 0.05) is 5.39 Å². The van der Waals surface area contributed by atoms with Crippen LogP contribution in [0.4, 0.5) is 0 Å². The zero-order chi connectivity index (χ0) is 19.7. The molecule has 1 aliphatic rings. The highest BCUT2D eigenvalue weighted by molar-refractivity contribution is 6.24. The Morgan fingerprint density at radius 2 is 2.00 bits per heavy atom. The van der Waals surface area contributed by atoms with Crippen molar-refractivity contribution in [3.8, 4) is 5.75 Å². The average Bonchev–Trinajstić information content (AvgIpc) is 2.70. The van der Waals surface area contributed by atoms with Gasteiger partial charge in [0.1, 0.15) is 11.1 Å². The zero-order valence-electron chi connectivity index (χ0n) is 15.3. The molecule has 1 saturated carbocycles. The Kier molecular flexibility index (Phi) is 5.05. The highest BCUT2D eigenvalue weighted by Gasteiger charge is 2.24. The van der Waals surface area contributed by atoms with Crippen molar-refractivity contribution in [3.63, 3.8) is 0 Å². The Bertz CT molecular complexity index is 1090. The molecule has 1 aliphatic carbocycles. The number of rotatable bonds is 5. The van der Waals surface area contributed by atoms with Gasteiger partial charge in [-0.05, 0) is 49.1 Å². The molecule has 6 nitrogen and oxygen atoms in total. The fourth-order valence-electron chi connectivity index (χ4n) is 3.27. The molecule has 1 aromatic heterocycles. The molecule has 0 bridgehead atoms. The van der Waals surface area contributed by atoms with Gasteiger partial charge >= 0.3 is 5.97 Å². The molecule has 4 rings (SSSR count). The Hall–Kier alpha value is -2.86. The monoisotopic (exact) mass is 398 g/mol. The summed E-state index contributed by atoms with van der Waals surface area (Å²) in [7, 11) is 1.32. The van der Waals surface area contributed by atoms with Crippen LogP contribution in [0.1, 0.15) is 46.3 Å². The van der Waals surface area contributed by atoms with E-state index in [9.17, 15) is 9.59 Å². The summed E-state index contributed by atoms with van der Waals surface area (Å²) in [6, 6.07) is 12.2. The molecular formula is C21H19ClN2O4. The molecule has 28 heavy (non-hydrogen) atoms. The third-order valence-corrected chi connectivity index (χ3v) is 5.47. The number of hydrogen-bond acceptors (Lipinski definition) is 5. The molecule has 7 heteroatoms. The first-order chi connectivity index (χ1) is 13.6. The van der Waals surface area contributed by atoms with Crippen LogP contribution < -0.4 is 10.3 Å². The highest BCUT2D eigenvalue weighted by Crippen LogP contribution is 2.35. The van der Waals surface area contributed by atoms with Gasteiger partial charge < -0.3 is 9.47 Å². The first-order valence-electron chi connectivity index (χ1n) is 9.09. The van der Waals surface area contributed by atoms with E-state index in [4.69, 9.17) is 21.1 Å². The summed E-state index contributed by atoms with van der Waals surface area (Å²) in [5, 5.41) is 6.98. The lowest BCUT2D eigenvalue weighted by Crippen LogP contribution is -2.24. The Labute approximate surface area is 166 Å². The molecule has 0 saturated heterocycles. The molecule has 1 heterocycles. The van der Waals surface area contributed by atoms with Gasteiger partial charge in [-0.1, -0.05) is 18.2 Å². The van der Waals surface area contributed by atoms with Crippen LogP contribution in [-0.2, 0) is 4.74 Å². The molecule has 2 aromatic carbocycles. The van der Waals surface area contributed by atoms with Crippen molar-refractivity contribution >= 4 is 28.3 Å². The topological polar surface area (TPSA) is 81.3 Å². The number of hydrogen-bond donors (Lipinski definition) is 1. The van der Waals surface area contributed by atoms with E-state index in [0.717, 1.165) is 12.8 Å². The summed E-state index contributed by atoms with van der Waals surface area (Å²) in [6.45, 7) is 0. The standard InChI is InChI=1S/C21H19ClN2O4/c1-27-21(26)16-8-3-2-7-14(16)18(22)19-17-11-13(28-12-5-4-6-12)9-10-15(17)20(25)24-23-19/h2-3,7-12,18H,4-6H2,1H3,(H,24,25). The van der Waals surface area contributed by atoms with Crippen molar-refractivity contribution in [2.24, 2.45) is 0 Å². The highest BCUT2D eigenvalue weighted by atomic mass is 35.5. The maximum Gasteiger partial charge on any atom is 0.338 e. The number of H-pyrrole nitrogens is 1. The van der Waals surface area contributed by atoms with Gasteiger partial charge in [0.25, 0.3) is 5.56 Å². The van der Waals surface area contributed by atoms with E-state index in [-0.39, 0.29) is 11.7 Å². The number of carbonyl (C=O) groups excluding carboxylic acids is 1. The second-order valence-electron chi connectivity index (χ2n) is 6.76. The molecule has 0 aliphatic heterocycles. The number of aromatic nitrogens is 2. The van der Waals surface area contributed by atoms with Crippen LogP contribution in [0, 0.1) is 0 Å². The maximum absolute atomic E-state index is 12.2. The quantitative estimate of drug-likeness (QED) is 0.519. The minimum Gasteiger partial charge on any atom is -0.490 e. The average molecular weight is 399 g/mol. The molecule has 3 aromatic rings. The van der Waals surface area contributed by atoms with E-state index in [2.05, 4.69) is 10.2 Å². The van der Waals surface area contributed by atoms with Crippen LogP contribution in [0.25, 0.3) is 10.8 Å². The largest absolute Gasteiger partial charge is 0.490 e. The summed E-state index contributed by atoms with van der Waals surface area (Å²) in [4.78, 5) is 24.4. The van der Waals surface area contributed by atoms with Crippen LogP contribution >= 0.6 is 11.6 Å². The van der Waals surface area contributed by atoms with Gasteiger partial charge in [-0.2, -0.15) is 5.10 Å². The van der Waals surface area contributed by atoms with E-state index >= 15 is 0 Å². The van der Waals surface area contributed by atoms with E-state index in [1.807, 2.05) is 0 Å². The van der Waals surface area contributed by atoms with E-state index in [1.54, 1.807) is 42.5 Å². The molecule has 1 unspecified atom stereocenters. The molecule has 0 spiro atoms. The fourth-order valence-corrected chi connectivity index (χ4v) is 3.63. The Morgan fingerprint density at radius 1 is 1.21 bits per heavy atom. The van der Waals surface area contributed by atoms with Crippen molar-refractivity contribution in [3.05, 3.63) is 69.6 Å². The van der Waals surface area contributed by atoms with Crippen molar-refractivity contribution < 1.29 is 14.3 Å². The summed E-state index contributed by atoms with van der Waals surface area (Å²) in [5.41, 5.74) is 1.06. The van der Waals surface area contributed by atoms with Gasteiger partial charge in [0.2, 0.25) is 0 Å². The molecule has 0 amide bonds. The van der Waals surface area contributed by atoms with Crippen LogP contribution in [0.3, 0.4) is 0 Å². The minimum absolute atomic E-state index is 0.211. The number of methoxy groups -OCH3 is 1. The molecule has 144 valence electrons. The van der Waals surface area contributed by atoms with Crippen LogP contribution in [0.2, 0.25) is 0 Å².